The predicted molar refractivity (Wildman–Crippen MR) is 77.7 cm³/mol. The Bertz CT molecular complexity index is 523. The average molecular weight is 254 g/mol. The van der Waals surface area contributed by atoms with Gasteiger partial charge in [0.25, 0.3) is 0 Å². The highest BCUT2D eigenvalue weighted by molar-refractivity contribution is 5.96. The number of para-hydroxylation sites is 1. The summed E-state index contributed by atoms with van der Waals surface area (Å²) in [4.78, 5) is 14.0. The molecule has 19 heavy (non-hydrogen) atoms. The molecule has 0 saturated heterocycles. The van der Waals surface area contributed by atoms with E-state index in [1.807, 2.05) is 60.7 Å². The van der Waals surface area contributed by atoms with E-state index in [2.05, 4.69) is 0 Å². The molecule has 3 heteroatoms. The monoisotopic (exact) mass is 254 g/mol. The maximum atomic E-state index is 12.2. The van der Waals surface area contributed by atoms with Crippen LogP contribution in [0.15, 0.2) is 60.7 Å². The fourth-order valence-corrected chi connectivity index (χ4v) is 1.92. The van der Waals surface area contributed by atoms with Gasteiger partial charge in [-0.05, 0) is 24.6 Å². The molecule has 3 nitrogen and oxygen atoms in total. The predicted octanol–water partition coefficient (Wildman–Crippen LogP) is 2.57. The van der Waals surface area contributed by atoms with Gasteiger partial charge >= 0.3 is 0 Å². The van der Waals surface area contributed by atoms with Crippen molar-refractivity contribution in [1.29, 1.82) is 0 Å². The molecule has 2 aromatic carbocycles. The van der Waals surface area contributed by atoms with Crippen molar-refractivity contribution >= 4 is 11.6 Å². The molecule has 98 valence electrons. The molecule has 2 rings (SSSR count). The van der Waals surface area contributed by atoms with Gasteiger partial charge in [-0.1, -0.05) is 48.5 Å². The number of nitrogens with two attached hydrogens (primary N) is 1. The first-order valence-electron chi connectivity index (χ1n) is 6.34. The van der Waals surface area contributed by atoms with Crippen molar-refractivity contribution < 1.29 is 4.79 Å². The van der Waals surface area contributed by atoms with Gasteiger partial charge in [0.2, 0.25) is 5.91 Å². The maximum Gasteiger partial charge on any atom is 0.243 e. The van der Waals surface area contributed by atoms with E-state index in [0.29, 0.717) is 6.54 Å². The van der Waals surface area contributed by atoms with Crippen LogP contribution in [0.4, 0.5) is 5.69 Å². The third-order valence-corrected chi connectivity index (χ3v) is 2.91. The van der Waals surface area contributed by atoms with Crippen molar-refractivity contribution in [2.24, 2.45) is 5.73 Å². The first kappa shape index (κ1) is 13.3. The molecular formula is C16H18N2O. The Morgan fingerprint density at radius 2 is 1.58 bits per heavy atom. The van der Waals surface area contributed by atoms with E-state index in [-0.39, 0.29) is 5.91 Å². The number of rotatable bonds is 4. The Morgan fingerprint density at radius 1 is 1.05 bits per heavy atom. The second-order valence-electron chi connectivity index (χ2n) is 4.53. The summed E-state index contributed by atoms with van der Waals surface area (Å²) in [7, 11) is 0. The standard InChI is InChI=1S/C16H18N2O/c1-13(17)16(19)18(15-10-6-3-7-11-15)12-14-8-4-2-5-9-14/h2-11,13H,12,17H2,1H3. The van der Waals surface area contributed by atoms with Crippen LogP contribution in [0.3, 0.4) is 0 Å². The molecule has 2 N–H and O–H groups in total. The van der Waals surface area contributed by atoms with E-state index < -0.39 is 6.04 Å². The smallest absolute Gasteiger partial charge is 0.243 e. The summed E-state index contributed by atoms with van der Waals surface area (Å²) in [6.07, 6.45) is 0. The lowest BCUT2D eigenvalue weighted by atomic mass is 10.1. The minimum Gasteiger partial charge on any atom is -0.320 e. The van der Waals surface area contributed by atoms with Gasteiger partial charge in [0.15, 0.2) is 0 Å². The van der Waals surface area contributed by atoms with Gasteiger partial charge < -0.3 is 10.6 Å². The van der Waals surface area contributed by atoms with Crippen LogP contribution in [0.5, 0.6) is 0 Å². The Balaban J connectivity index is 2.28. The van der Waals surface area contributed by atoms with Gasteiger partial charge in [-0.25, -0.2) is 0 Å². The number of benzene rings is 2. The molecule has 1 atom stereocenters. The van der Waals surface area contributed by atoms with Crippen LogP contribution in [0.25, 0.3) is 0 Å². The zero-order valence-corrected chi connectivity index (χ0v) is 11.0. The number of amides is 1. The molecule has 2 aromatic rings. The van der Waals surface area contributed by atoms with Crippen LogP contribution in [0.1, 0.15) is 12.5 Å². The molecule has 0 radical (unpaired) electrons. The van der Waals surface area contributed by atoms with Crippen LogP contribution in [0.2, 0.25) is 0 Å². The molecule has 0 aliphatic heterocycles. The number of hydrogen-bond donors (Lipinski definition) is 1. The minimum atomic E-state index is -0.510. The van der Waals surface area contributed by atoms with E-state index in [1.165, 1.54) is 0 Å². The van der Waals surface area contributed by atoms with Crippen molar-refractivity contribution in [3.8, 4) is 0 Å². The summed E-state index contributed by atoms with van der Waals surface area (Å²) in [5, 5.41) is 0. The van der Waals surface area contributed by atoms with Gasteiger partial charge in [-0.15, -0.1) is 0 Å². The van der Waals surface area contributed by atoms with Crippen LogP contribution in [0, 0.1) is 0 Å². The number of hydrogen-bond acceptors (Lipinski definition) is 2. The normalized spacial score (nSPS) is 11.9. The highest BCUT2D eigenvalue weighted by atomic mass is 16.2. The molecule has 0 aliphatic rings. The summed E-state index contributed by atoms with van der Waals surface area (Å²) in [6.45, 7) is 2.24. The number of nitrogens with zero attached hydrogens (tertiary/aromatic N) is 1. The Kier molecular flexibility index (Phi) is 4.31. The lowest BCUT2D eigenvalue weighted by molar-refractivity contribution is -0.119. The Hall–Kier alpha value is -2.13. The van der Waals surface area contributed by atoms with Crippen LogP contribution in [-0.4, -0.2) is 11.9 Å². The summed E-state index contributed by atoms with van der Waals surface area (Å²) >= 11 is 0. The lowest BCUT2D eigenvalue weighted by Crippen LogP contribution is -2.41. The fourth-order valence-electron chi connectivity index (χ4n) is 1.92. The van der Waals surface area contributed by atoms with Gasteiger partial charge in [0.1, 0.15) is 0 Å². The molecule has 0 fully saturated rings. The molecular weight excluding hydrogens is 236 g/mol. The van der Waals surface area contributed by atoms with E-state index in [4.69, 9.17) is 5.73 Å². The van der Waals surface area contributed by atoms with Crippen molar-refractivity contribution in [3.63, 3.8) is 0 Å². The highest BCUT2D eigenvalue weighted by Crippen LogP contribution is 2.17. The van der Waals surface area contributed by atoms with E-state index in [9.17, 15) is 4.79 Å². The lowest BCUT2D eigenvalue weighted by Gasteiger charge is -2.24. The molecule has 0 bridgehead atoms. The molecule has 1 amide bonds. The summed E-state index contributed by atoms with van der Waals surface area (Å²) in [6, 6.07) is 19.0. The van der Waals surface area contributed by atoms with Crippen molar-refractivity contribution in [2.75, 3.05) is 4.90 Å². The first-order chi connectivity index (χ1) is 9.18. The maximum absolute atomic E-state index is 12.2. The van der Waals surface area contributed by atoms with Gasteiger partial charge in [-0.3, -0.25) is 4.79 Å². The SMILES string of the molecule is CC(N)C(=O)N(Cc1ccccc1)c1ccccc1. The molecule has 1 unspecified atom stereocenters. The van der Waals surface area contributed by atoms with Crippen molar-refractivity contribution in [2.45, 2.75) is 19.5 Å². The first-order valence-corrected chi connectivity index (χ1v) is 6.34. The molecule has 0 spiro atoms. The van der Waals surface area contributed by atoms with Gasteiger partial charge in [-0.2, -0.15) is 0 Å². The molecule has 0 aliphatic carbocycles. The second kappa shape index (κ2) is 6.16. The topological polar surface area (TPSA) is 46.3 Å². The van der Waals surface area contributed by atoms with Crippen LogP contribution >= 0.6 is 0 Å². The molecule has 0 saturated carbocycles. The number of anilines is 1. The van der Waals surface area contributed by atoms with Crippen LogP contribution < -0.4 is 10.6 Å². The van der Waals surface area contributed by atoms with E-state index in [1.54, 1.807) is 11.8 Å². The van der Waals surface area contributed by atoms with Gasteiger partial charge in [0.05, 0.1) is 12.6 Å². The summed E-state index contributed by atoms with van der Waals surface area (Å²) < 4.78 is 0. The van der Waals surface area contributed by atoms with E-state index in [0.717, 1.165) is 11.3 Å². The highest BCUT2D eigenvalue weighted by Gasteiger charge is 2.19. The average Bonchev–Trinajstić information content (AvgIpc) is 2.46. The fraction of sp³-hybridized carbons (Fsp3) is 0.188. The zero-order chi connectivity index (χ0) is 13.7. The van der Waals surface area contributed by atoms with Crippen LogP contribution in [-0.2, 0) is 11.3 Å². The third-order valence-electron chi connectivity index (χ3n) is 2.91. The molecule has 0 aromatic heterocycles. The summed E-state index contributed by atoms with van der Waals surface area (Å²) in [5.41, 5.74) is 7.69. The van der Waals surface area contributed by atoms with Crippen molar-refractivity contribution in [1.82, 2.24) is 0 Å². The third kappa shape index (κ3) is 3.42. The Labute approximate surface area is 113 Å². The van der Waals surface area contributed by atoms with Gasteiger partial charge in [0, 0.05) is 5.69 Å². The second-order valence-corrected chi connectivity index (χ2v) is 4.53. The largest absolute Gasteiger partial charge is 0.320 e. The van der Waals surface area contributed by atoms with E-state index >= 15 is 0 Å². The van der Waals surface area contributed by atoms with Crippen molar-refractivity contribution in [3.05, 3.63) is 66.2 Å². The zero-order valence-electron chi connectivity index (χ0n) is 11.0. The summed E-state index contributed by atoms with van der Waals surface area (Å²) in [5.74, 6) is -0.0740. The quantitative estimate of drug-likeness (QED) is 0.911. The number of carbonyl (C=O) groups excluding carboxylic acids is 1. The Morgan fingerprint density at radius 3 is 2.11 bits per heavy atom. The number of carbonyl (C=O) groups is 1. The molecule has 0 heterocycles. The minimum absolute atomic E-state index is 0.0740.